The highest BCUT2D eigenvalue weighted by Crippen LogP contribution is 2.07. The van der Waals surface area contributed by atoms with E-state index in [4.69, 9.17) is 5.73 Å². The van der Waals surface area contributed by atoms with E-state index in [1.165, 1.54) is 31.2 Å². The van der Waals surface area contributed by atoms with Crippen molar-refractivity contribution in [3.63, 3.8) is 0 Å². The van der Waals surface area contributed by atoms with Gasteiger partial charge in [-0.2, -0.15) is 0 Å². The van der Waals surface area contributed by atoms with Crippen molar-refractivity contribution in [3.05, 3.63) is 35.6 Å². The number of hydrogen-bond acceptors (Lipinski definition) is 3. The van der Waals surface area contributed by atoms with Crippen LogP contribution in [0.15, 0.2) is 24.3 Å². The highest BCUT2D eigenvalue weighted by molar-refractivity contribution is 5.91. The van der Waals surface area contributed by atoms with Gasteiger partial charge in [-0.3, -0.25) is 14.4 Å². The average molecular weight is 323 g/mol. The van der Waals surface area contributed by atoms with Crippen molar-refractivity contribution in [2.24, 2.45) is 11.7 Å². The first-order valence-corrected chi connectivity index (χ1v) is 7.32. The van der Waals surface area contributed by atoms with Crippen molar-refractivity contribution in [1.29, 1.82) is 0 Å². The van der Waals surface area contributed by atoms with E-state index in [1.807, 2.05) is 0 Å². The molecule has 0 aliphatic rings. The summed E-state index contributed by atoms with van der Waals surface area (Å²) < 4.78 is 12.9. The normalized spacial score (nSPS) is 13.3. The van der Waals surface area contributed by atoms with Gasteiger partial charge in [0.25, 0.3) is 0 Å². The molecule has 6 nitrogen and oxygen atoms in total. The predicted octanol–water partition coefficient (Wildman–Crippen LogP) is 0.499. The maximum absolute atomic E-state index is 12.9. The minimum Gasteiger partial charge on any atom is -0.368 e. The summed E-state index contributed by atoms with van der Waals surface area (Å²) in [5.74, 6) is -2.07. The molecule has 23 heavy (non-hydrogen) atoms. The molecule has 0 bridgehead atoms. The first-order valence-electron chi connectivity index (χ1n) is 7.32. The number of carbonyl (C=O) groups is 3. The lowest BCUT2D eigenvalue weighted by atomic mass is 10.0. The lowest BCUT2D eigenvalue weighted by Gasteiger charge is -2.24. The number of amides is 3. The Labute approximate surface area is 134 Å². The summed E-state index contributed by atoms with van der Waals surface area (Å²) in [4.78, 5) is 35.0. The zero-order valence-electron chi connectivity index (χ0n) is 13.4. The fourth-order valence-electron chi connectivity index (χ4n) is 2.09. The van der Waals surface area contributed by atoms with Crippen LogP contribution in [-0.2, 0) is 20.8 Å². The van der Waals surface area contributed by atoms with Gasteiger partial charge in [0.1, 0.15) is 17.9 Å². The van der Waals surface area contributed by atoms with Crippen LogP contribution in [0.4, 0.5) is 4.39 Å². The zero-order valence-corrected chi connectivity index (χ0v) is 13.4. The Morgan fingerprint density at radius 1 is 1.13 bits per heavy atom. The molecule has 0 saturated heterocycles. The summed E-state index contributed by atoms with van der Waals surface area (Å²) in [6, 6.07) is 3.87. The minimum absolute atomic E-state index is 0.145. The molecule has 0 aliphatic carbocycles. The quantitative estimate of drug-likeness (QED) is 0.681. The van der Waals surface area contributed by atoms with E-state index in [9.17, 15) is 18.8 Å². The molecule has 2 atom stereocenters. The van der Waals surface area contributed by atoms with Crippen LogP contribution >= 0.6 is 0 Å². The molecule has 1 aromatic rings. The molecule has 0 aromatic heterocycles. The molecule has 0 spiro atoms. The number of nitrogens with two attached hydrogens (primary N) is 1. The largest absolute Gasteiger partial charge is 0.368 e. The molecule has 0 radical (unpaired) electrons. The van der Waals surface area contributed by atoms with Gasteiger partial charge in [-0.05, 0) is 23.6 Å². The van der Waals surface area contributed by atoms with E-state index >= 15 is 0 Å². The SMILES string of the molecule is CC(=O)N[C@@H](C(=O)N[C@@H](Cc1ccc(F)cc1)C(N)=O)C(C)C. The number of rotatable bonds is 7. The second kappa shape index (κ2) is 8.26. The Hall–Kier alpha value is -2.44. The number of carbonyl (C=O) groups excluding carboxylic acids is 3. The third-order valence-corrected chi connectivity index (χ3v) is 3.32. The molecule has 1 rings (SSSR count). The third-order valence-electron chi connectivity index (χ3n) is 3.32. The number of benzene rings is 1. The van der Waals surface area contributed by atoms with Crippen molar-refractivity contribution in [3.8, 4) is 0 Å². The summed E-state index contributed by atoms with van der Waals surface area (Å²) in [5.41, 5.74) is 5.99. The van der Waals surface area contributed by atoms with Crippen molar-refractivity contribution in [1.82, 2.24) is 10.6 Å². The fourth-order valence-corrected chi connectivity index (χ4v) is 2.09. The summed E-state index contributed by atoms with van der Waals surface area (Å²) in [6.45, 7) is 4.87. The third kappa shape index (κ3) is 6.06. The van der Waals surface area contributed by atoms with Crippen LogP contribution in [0.1, 0.15) is 26.3 Å². The number of halogens is 1. The minimum atomic E-state index is -0.942. The smallest absolute Gasteiger partial charge is 0.243 e. The second-order valence-electron chi connectivity index (χ2n) is 5.72. The summed E-state index contributed by atoms with van der Waals surface area (Å²) in [6.07, 6.45) is 0.145. The fraction of sp³-hybridized carbons (Fsp3) is 0.438. The topological polar surface area (TPSA) is 101 Å². The lowest BCUT2D eigenvalue weighted by Crippen LogP contribution is -2.55. The Morgan fingerprint density at radius 3 is 2.13 bits per heavy atom. The van der Waals surface area contributed by atoms with Crippen LogP contribution < -0.4 is 16.4 Å². The van der Waals surface area contributed by atoms with Gasteiger partial charge in [-0.1, -0.05) is 26.0 Å². The highest BCUT2D eigenvalue weighted by atomic mass is 19.1. The Kier molecular flexibility index (Phi) is 6.68. The Morgan fingerprint density at radius 2 is 1.70 bits per heavy atom. The lowest BCUT2D eigenvalue weighted by molar-refractivity contribution is -0.131. The van der Waals surface area contributed by atoms with E-state index in [-0.39, 0.29) is 24.1 Å². The number of hydrogen-bond donors (Lipinski definition) is 3. The van der Waals surface area contributed by atoms with Gasteiger partial charge in [0.2, 0.25) is 17.7 Å². The van der Waals surface area contributed by atoms with Crippen LogP contribution in [0, 0.1) is 11.7 Å². The predicted molar refractivity (Wildman–Crippen MR) is 83.7 cm³/mol. The van der Waals surface area contributed by atoms with Crippen molar-refractivity contribution >= 4 is 17.7 Å². The molecule has 0 heterocycles. The van der Waals surface area contributed by atoms with Gasteiger partial charge in [-0.25, -0.2) is 4.39 Å². The van der Waals surface area contributed by atoms with Crippen LogP contribution in [-0.4, -0.2) is 29.8 Å². The molecular weight excluding hydrogens is 301 g/mol. The van der Waals surface area contributed by atoms with Crippen LogP contribution in [0.2, 0.25) is 0 Å². The average Bonchev–Trinajstić information content (AvgIpc) is 2.45. The first kappa shape index (κ1) is 18.6. The standard InChI is InChI=1S/C16H22FN3O3/c1-9(2)14(19-10(3)21)16(23)20-13(15(18)22)8-11-4-6-12(17)7-5-11/h4-7,9,13-14H,8H2,1-3H3,(H2,18,22)(H,19,21)(H,20,23)/t13-,14+/m0/s1. The number of primary amides is 1. The molecular formula is C16H22FN3O3. The molecule has 3 amide bonds. The maximum atomic E-state index is 12.9. The van der Waals surface area contributed by atoms with Gasteiger partial charge >= 0.3 is 0 Å². The van der Waals surface area contributed by atoms with Gasteiger partial charge in [0.05, 0.1) is 0 Å². The van der Waals surface area contributed by atoms with Crippen molar-refractivity contribution < 1.29 is 18.8 Å². The van der Waals surface area contributed by atoms with Crippen LogP contribution in [0.25, 0.3) is 0 Å². The molecule has 0 saturated carbocycles. The number of nitrogens with one attached hydrogen (secondary N) is 2. The van der Waals surface area contributed by atoms with Gasteiger partial charge < -0.3 is 16.4 Å². The second-order valence-corrected chi connectivity index (χ2v) is 5.72. The van der Waals surface area contributed by atoms with E-state index in [1.54, 1.807) is 13.8 Å². The molecule has 7 heteroatoms. The molecule has 0 aliphatic heterocycles. The van der Waals surface area contributed by atoms with Gasteiger partial charge in [-0.15, -0.1) is 0 Å². The monoisotopic (exact) mass is 323 g/mol. The summed E-state index contributed by atoms with van der Waals surface area (Å²) in [7, 11) is 0. The zero-order chi connectivity index (χ0) is 17.6. The molecule has 126 valence electrons. The first-order chi connectivity index (χ1) is 10.7. The Balaban J connectivity index is 2.81. The Bertz CT molecular complexity index is 572. The molecule has 0 unspecified atom stereocenters. The summed E-state index contributed by atoms with van der Waals surface area (Å²) >= 11 is 0. The van der Waals surface area contributed by atoms with Crippen molar-refractivity contribution in [2.75, 3.05) is 0 Å². The van der Waals surface area contributed by atoms with E-state index in [0.717, 1.165) is 0 Å². The van der Waals surface area contributed by atoms with Crippen molar-refractivity contribution in [2.45, 2.75) is 39.3 Å². The van der Waals surface area contributed by atoms with Gasteiger partial charge in [0, 0.05) is 13.3 Å². The molecule has 1 aromatic carbocycles. The molecule has 0 fully saturated rings. The van der Waals surface area contributed by atoms with Crippen LogP contribution in [0.5, 0.6) is 0 Å². The van der Waals surface area contributed by atoms with Crippen LogP contribution in [0.3, 0.4) is 0 Å². The summed E-state index contributed by atoms with van der Waals surface area (Å²) in [5, 5.41) is 5.09. The molecule has 4 N–H and O–H groups in total. The van der Waals surface area contributed by atoms with E-state index < -0.39 is 23.9 Å². The van der Waals surface area contributed by atoms with E-state index in [0.29, 0.717) is 5.56 Å². The maximum Gasteiger partial charge on any atom is 0.243 e. The van der Waals surface area contributed by atoms with E-state index in [2.05, 4.69) is 10.6 Å². The highest BCUT2D eigenvalue weighted by Gasteiger charge is 2.27. The van der Waals surface area contributed by atoms with Gasteiger partial charge in [0.15, 0.2) is 0 Å².